The number of rotatable bonds is 2. The molecule has 1 N–H and O–H groups in total. The first kappa shape index (κ1) is 12.7. The average molecular weight is 283 g/mol. The van der Waals surface area contributed by atoms with Crippen LogP contribution in [0.15, 0.2) is 17.1 Å². The third kappa shape index (κ3) is 1.70. The summed E-state index contributed by atoms with van der Waals surface area (Å²) in [6, 6.07) is 0.159. The van der Waals surface area contributed by atoms with Gasteiger partial charge in [0.2, 0.25) is 5.43 Å². The molecule has 7 heteroatoms. The standard InChI is InChI=1S/C13H8F3NO3/c14-7-3-8(15)11-9(10(7)16)12(18)6(13(19)20)4-17(11)5-1-2-5/h3-5H,1-2H2,(H,19,20). The second kappa shape index (κ2) is 4.09. The summed E-state index contributed by atoms with van der Waals surface area (Å²) in [4.78, 5) is 22.9. The van der Waals surface area contributed by atoms with Crippen molar-refractivity contribution in [2.45, 2.75) is 18.9 Å². The molecule has 1 aromatic carbocycles. The van der Waals surface area contributed by atoms with Gasteiger partial charge in [-0.05, 0) is 12.8 Å². The van der Waals surface area contributed by atoms with E-state index in [9.17, 15) is 22.8 Å². The van der Waals surface area contributed by atoms with Gasteiger partial charge in [-0.25, -0.2) is 18.0 Å². The molecule has 1 aliphatic rings. The van der Waals surface area contributed by atoms with Gasteiger partial charge >= 0.3 is 5.97 Å². The van der Waals surface area contributed by atoms with Crippen LogP contribution in [0.1, 0.15) is 29.2 Å². The van der Waals surface area contributed by atoms with Crippen LogP contribution >= 0.6 is 0 Å². The predicted molar refractivity (Wildman–Crippen MR) is 63.3 cm³/mol. The van der Waals surface area contributed by atoms with Crippen LogP contribution in [0.2, 0.25) is 0 Å². The maximum Gasteiger partial charge on any atom is 0.341 e. The molecule has 0 amide bonds. The second-order valence-electron chi connectivity index (χ2n) is 4.69. The molecule has 0 unspecified atom stereocenters. The largest absolute Gasteiger partial charge is 0.477 e. The van der Waals surface area contributed by atoms with Crippen LogP contribution in [-0.2, 0) is 0 Å². The first-order valence-electron chi connectivity index (χ1n) is 5.87. The number of fused-ring (bicyclic) bond motifs is 1. The number of carbonyl (C=O) groups is 1. The third-order valence-electron chi connectivity index (χ3n) is 3.31. The molecule has 3 rings (SSSR count). The molecule has 1 fully saturated rings. The van der Waals surface area contributed by atoms with E-state index in [0.29, 0.717) is 18.9 Å². The maximum atomic E-state index is 13.9. The molecule has 0 spiro atoms. The number of nitrogens with zero attached hydrogens (tertiary/aromatic N) is 1. The molecule has 1 aromatic heterocycles. The minimum atomic E-state index is -1.56. The van der Waals surface area contributed by atoms with Gasteiger partial charge in [-0.3, -0.25) is 4.79 Å². The lowest BCUT2D eigenvalue weighted by Crippen LogP contribution is -2.21. The molecule has 0 radical (unpaired) electrons. The summed E-state index contributed by atoms with van der Waals surface area (Å²) in [5, 5.41) is 8.11. The van der Waals surface area contributed by atoms with Crippen LogP contribution < -0.4 is 5.43 Å². The van der Waals surface area contributed by atoms with E-state index >= 15 is 0 Å². The summed E-state index contributed by atoms with van der Waals surface area (Å²) in [7, 11) is 0. The van der Waals surface area contributed by atoms with Crippen LogP contribution in [0.5, 0.6) is 0 Å². The molecular weight excluding hydrogens is 275 g/mol. The summed E-state index contributed by atoms with van der Waals surface area (Å²) < 4.78 is 42.1. The van der Waals surface area contributed by atoms with Crippen molar-refractivity contribution in [1.29, 1.82) is 0 Å². The number of aromatic nitrogens is 1. The number of benzene rings is 1. The molecule has 0 bridgehead atoms. The lowest BCUT2D eigenvalue weighted by atomic mass is 10.1. The van der Waals surface area contributed by atoms with Crippen molar-refractivity contribution in [3.05, 3.63) is 45.5 Å². The van der Waals surface area contributed by atoms with Gasteiger partial charge in [0.15, 0.2) is 17.5 Å². The van der Waals surface area contributed by atoms with Gasteiger partial charge in [-0.1, -0.05) is 0 Å². The van der Waals surface area contributed by atoms with Gasteiger partial charge in [0, 0.05) is 18.3 Å². The maximum absolute atomic E-state index is 13.9. The Morgan fingerprint density at radius 2 is 1.90 bits per heavy atom. The molecule has 20 heavy (non-hydrogen) atoms. The monoisotopic (exact) mass is 283 g/mol. The van der Waals surface area contributed by atoms with Gasteiger partial charge in [-0.15, -0.1) is 0 Å². The topological polar surface area (TPSA) is 59.3 Å². The fourth-order valence-electron chi connectivity index (χ4n) is 2.24. The Kier molecular flexibility index (Phi) is 2.60. The highest BCUT2D eigenvalue weighted by atomic mass is 19.2. The van der Waals surface area contributed by atoms with Crippen LogP contribution in [0.4, 0.5) is 13.2 Å². The molecule has 0 saturated heterocycles. The van der Waals surface area contributed by atoms with Crippen molar-refractivity contribution in [2.24, 2.45) is 0 Å². The van der Waals surface area contributed by atoms with E-state index in [2.05, 4.69) is 0 Å². The minimum absolute atomic E-state index is 0.199. The number of hydrogen-bond acceptors (Lipinski definition) is 2. The highest BCUT2D eigenvalue weighted by Gasteiger charge is 2.30. The molecule has 0 atom stereocenters. The highest BCUT2D eigenvalue weighted by Crippen LogP contribution is 2.38. The van der Waals surface area contributed by atoms with Crippen molar-refractivity contribution in [2.75, 3.05) is 0 Å². The molecule has 1 heterocycles. The van der Waals surface area contributed by atoms with Crippen LogP contribution in [-0.4, -0.2) is 15.6 Å². The first-order valence-corrected chi connectivity index (χ1v) is 5.87. The average Bonchev–Trinajstić information content (AvgIpc) is 3.19. The second-order valence-corrected chi connectivity index (χ2v) is 4.69. The van der Waals surface area contributed by atoms with Crippen molar-refractivity contribution in [3.63, 3.8) is 0 Å². The Morgan fingerprint density at radius 3 is 2.45 bits per heavy atom. The fourth-order valence-corrected chi connectivity index (χ4v) is 2.24. The zero-order valence-corrected chi connectivity index (χ0v) is 9.99. The Balaban J connectivity index is 2.55. The number of hydrogen-bond donors (Lipinski definition) is 1. The highest BCUT2D eigenvalue weighted by molar-refractivity contribution is 5.93. The van der Waals surface area contributed by atoms with Gasteiger partial charge in [0.1, 0.15) is 5.56 Å². The Labute approximate surface area is 110 Å². The number of carboxylic acid groups (broad SMARTS) is 1. The fraction of sp³-hybridized carbons (Fsp3) is 0.231. The first-order chi connectivity index (χ1) is 9.41. The van der Waals surface area contributed by atoms with E-state index in [-0.39, 0.29) is 11.6 Å². The van der Waals surface area contributed by atoms with Crippen molar-refractivity contribution >= 4 is 16.9 Å². The molecular formula is C13H8F3NO3. The van der Waals surface area contributed by atoms with E-state index < -0.39 is 39.8 Å². The quantitative estimate of drug-likeness (QED) is 0.861. The van der Waals surface area contributed by atoms with Gasteiger partial charge < -0.3 is 9.67 Å². The Bertz CT molecular complexity index is 809. The number of halogens is 3. The van der Waals surface area contributed by atoms with Crippen molar-refractivity contribution in [3.8, 4) is 0 Å². The summed E-state index contributed by atoms with van der Waals surface area (Å²) in [5.74, 6) is -5.68. The zero-order chi connectivity index (χ0) is 14.6. The van der Waals surface area contributed by atoms with E-state index in [0.717, 1.165) is 6.20 Å². The van der Waals surface area contributed by atoms with Crippen molar-refractivity contribution < 1.29 is 23.1 Å². The Morgan fingerprint density at radius 1 is 1.25 bits per heavy atom. The SMILES string of the molecule is O=C(O)c1cn(C2CC2)c2c(F)cc(F)c(F)c2c1=O. The summed E-state index contributed by atoms with van der Waals surface area (Å²) in [6.07, 6.45) is 2.32. The van der Waals surface area contributed by atoms with Crippen molar-refractivity contribution in [1.82, 2.24) is 4.57 Å². The Hall–Kier alpha value is -2.31. The lowest BCUT2D eigenvalue weighted by Gasteiger charge is -2.12. The van der Waals surface area contributed by atoms with Crippen LogP contribution in [0.25, 0.3) is 10.9 Å². The van der Waals surface area contributed by atoms with E-state index in [1.807, 2.05) is 0 Å². The van der Waals surface area contributed by atoms with E-state index in [1.165, 1.54) is 4.57 Å². The van der Waals surface area contributed by atoms with Crippen LogP contribution in [0, 0.1) is 17.5 Å². The number of pyridine rings is 1. The lowest BCUT2D eigenvalue weighted by molar-refractivity contribution is 0.0695. The minimum Gasteiger partial charge on any atom is -0.477 e. The summed E-state index contributed by atoms with van der Waals surface area (Å²) >= 11 is 0. The molecule has 104 valence electrons. The zero-order valence-electron chi connectivity index (χ0n) is 9.99. The third-order valence-corrected chi connectivity index (χ3v) is 3.31. The number of aromatic carboxylic acids is 1. The van der Waals surface area contributed by atoms with Gasteiger partial charge in [-0.2, -0.15) is 0 Å². The summed E-state index contributed by atoms with van der Waals surface area (Å²) in [5.41, 5.74) is -2.31. The molecule has 1 saturated carbocycles. The molecule has 2 aromatic rings. The van der Waals surface area contributed by atoms with Gasteiger partial charge in [0.05, 0.1) is 10.9 Å². The van der Waals surface area contributed by atoms with Gasteiger partial charge in [0.25, 0.3) is 0 Å². The predicted octanol–water partition coefficient (Wildman–Crippen LogP) is 2.45. The molecule has 4 nitrogen and oxygen atoms in total. The normalized spacial score (nSPS) is 14.8. The summed E-state index contributed by atoms with van der Waals surface area (Å²) in [6.45, 7) is 0. The number of carboxylic acids is 1. The molecule has 0 aliphatic heterocycles. The smallest absolute Gasteiger partial charge is 0.341 e. The molecule has 1 aliphatic carbocycles. The van der Waals surface area contributed by atoms with E-state index in [1.54, 1.807) is 0 Å². The van der Waals surface area contributed by atoms with E-state index in [4.69, 9.17) is 5.11 Å². The van der Waals surface area contributed by atoms with Crippen LogP contribution in [0.3, 0.4) is 0 Å².